The maximum Gasteiger partial charge on any atom is 0.488 e. The van der Waals surface area contributed by atoms with Crippen molar-refractivity contribution in [1.82, 2.24) is 24.9 Å². The molecule has 0 spiro atoms. The SMILES string of the molecule is CCS(=O)(=O)c1cccc(-c2c(Cl)cnc3[nH]c4c(OC)cccc4c23)c1.CCS(=O)(=O)c1cccc(B(O)O)c1.CCS(=O)c1cccc(-c2c(Cl)cnc(Cl)c2Cl)c1.CCS(=O)c1cccc(-c2c(Cl)cnc(Nc3ccccc3OC)c2Cl)c1.COc1ccccc1N.Clc1cnc(Cl)c(Cl)c1I. The van der Waals surface area contributed by atoms with E-state index in [4.69, 9.17) is 134 Å². The number of benzene rings is 7. The van der Waals surface area contributed by atoms with Gasteiger partial charge in [-0.1, -0.05) is 217 Å². The molecule has 106 heavy (non-hydrogen) atoms. The van der Waals surface area contributed by atoms with E-state index in [1.165, 1.54) is 43.6 Å². The number of aromatic amines is 1. The zero-order valence-corrected chi connectivity index (χ0v) is 69.4. The van der Waals surface area contributed by atoms with Crippen LogP contribution in [0.25, 0.3) is 55.3 Å². The summed E-state index contributed by atoms with van der Waals surface area (Å²) in [5, 5.41) is 26.0. The molecule has 0 bridgehead atoms. The van der Waals surface area contributed by atoms with Crippen molar-refractivity contribution in [3.8, 4) is 50.6 Å². The summed E-state index contributed by atoms with van der Waals surface area (Å²) < 4.78 is 87.9. The van der Waals surface area contributed by atoms with Crippen LogP contribution in [0, 0.1) is 3.57 Å². The number of hydrogen-bond donors (Lipinski definition) is 5. The predicted molar refractivity (Wildman–Crippen MR) is 446 cm³/mol. The number of methoxy groups -OCH3 is 3. The zero-order valence-electron chi connectivity index (χ0n) is 57.2. The van der Waals surface area contributed by atoms with Gasteiger partial charge in [-0.3, -0.25) is 8.42 Å². The van der Waals surface area contributed by atoms with Gasteiger partial charge in [0.1, 0.15) is 39.0 Å². The van der Waals surface area contributed by atoms with Crippen molar-refractivity contribution >= 4 is 220 Å². The molecular weight excluding hydrogens is 1740 g/mol. The number of fused-ring (bicyclic) bond motifs is 3. The standard InChI is InChI=1S/C20H18Cl2N2O2S.C20H17ClN2O3S.C13H10Cl3NOS.C8H11BO4S.C7H9NO.C5HCl3IN/c1-3-27(25)14-8-6-7-13(11-14)18-15(21)12-23-20(19(18)22)24-16-9-4-5-10-17(16)26-2;1-3-27(24,25)13-7-4-6-12(10-13)17-15(21)11-22-20-18(17)14-8-5-9-16(26-2)19(14)23-20;1-2-19(18)9-5-3-4-8(6-9)11-10(14)7-17-13(16)12(11)15;1-2-14(12,13)8-5-3-4-7(6-8)9(10)11;1-9-7-5-3-2-4-6(7)8;6-2-1-10-5(8)3(7)4(2)9/h4-12H,3H2,1-2H3,(H,23,24);4-11H,3H2,1-2H3,(H,22,23);3-7H,2H2,1H3;3-6,10-11H,2H2,1H3;2-5H,8H2,1H3;1H. The highest BCUT2D eigenvalue weighted by molar-refractivity contribution is 14.1. The van der Waals surface area contributed by atoms with Crippen LogP contribution in [-0.4, -0.2) is 112 Å². The molecule has 6 N–H and O–H groups in total. The Balaban J connectivity index is 0.000000186. The minimum atomic E-state index is -3.32. The van der Waals surface area contributed by atoms with Gasteiger partial charge in [-0.15, -0.1) is 0 Å². The van der Waals surface area contributed by atoms with E-state index in [0.29, 0.717) is 86.4 Å². The highest BCUT2D eigenvalue weighted by Crippen LogP contribution is 2.44. The third-order valence-electron chi connectivity index (χ3n) is 15.1. The first-order valence-corrected chi connectivity index (χ1v) is 41.8. The highest BCUT2D eigenvalue weighted by Gasteiger charge is 2.22. The summed E-state index contributed by atoms with van der Waals surface area (Å²) in [6.07, 6.45) is 6.04. The minimum Gasteiger partial charge on any atom is -0.495 e. The molecule has 18 nitrogen and oxygen atoms in total. The second-order valence-electron chi connectivity index (χ2n) is 21.6. The lowest BCUT2D eigenvalue weighted by molar-refractivity contribution is 0.417. The lowest BCUT2D eigenvalue weighted by atomic mass is 9.80. The molecule has 2 atom stereocenters. The summed E-state index contributed by atoms with van der Waals surface area (Å²) in [5.41, 5.74) is 12.9. The number of nitrogens with zero attached hydrogens (tertiary/aromatic N) is 4. The number of pyridine rings is 4. The Labute approximate surface area is 678 Å². The maximum atomic E-state index is 12.3. The van der Waals surface area contributed by atoms with Gasteiger partial charge in [0, 0.05) is 73.5 Å². The lowest BCUT2D eigenvalue weighted by Gasteiger charge is -2.15. The molecule has 12 aromatic rings. The number of sulfone groups is 2. The number of para-hydroxylation sites is 5. The Bertz CT molecular complexity index is 5360. The van der Waals surface area contributed by atoms with Crippen molar-refractivity contribution in [2.45, 2.75) is 47.3 Å². The monoisotopic (exact) mass is 1800 g/mol. The van der Waals surface area contributed by atoms with Gasteiger partial charge in [-0.2, -0.15) is 0 Å². The van der Waals surface area contributed by atoms with Crippen LogP contribution in [0.15, 0.2) is 208 Å². The minimum absolute atomic E-state index is 0.00201. The molecule has 0 saturated heterocycles. The van der Waals surface area contributed by atoms with Crippen LogP contribution in [0.4, 0.5) is 17.2 Å². The first kappa shape index (κ1) is 86.7. The van der Waals surface area contributed by atoms with Crippen LogP contribution in [0.2, 0.25) is 45.5 Å². The summed E-state index contributed by atoms with van der Waals surface area (Å²) in [4.78, 5) is 21.5. The van der Waals surface area contributed by atoms with Gasteiger partial charge in [0.05, 0.1) is 120 Å². The summed E-state index contributed by atoms with van der Waals surface area (Å²) in [5.74, 6) is 3.71. The molecule has 7 aromatic carbocycles. The first-order chi connectivity index (χ1) is 50.5. The zero-order chi connectivity index (χ0) is 77.7. The van der Waals surface area contributed by atoms with Gasteiger partial charge in [-0.25, -0.2) is 36.8 Å². The van der Waals surface area contributed by atoms with Crippen molar-refractivity contribution in [3.63, 3.8) is 0 Å². The van der Waals surface area contributed by atoms with Crippen molar-refractivity contribution < 1.29 is 49.5 Å². The third kappa shape index (κ3) is 22.3. The Morgan fingerprint density at radius 2 is 0.962 bits per heavy atom. The number of nitrogens with two attached hydrogens (primary N) is 1. The average Bonchev–Trinajstić information content (AvgIpc) is 1.58. The molecule has 0 saturated carbocycles. The Morgan fingerprint density at radius 1 is 0.509 bits per heavy atom. The fraction of sp³-hybridized carbons (Fsp3) is 0.151. The lowest BCUT2D eigenvalue weighted by Crippen LogP contribution is -2.30. The number of hydrogen-bond acceptors (Lipinski definition) is 17. The quantitative estimate of drug-likeness (QED) is 0.0245. The van der Waals surface area contributed by atoms with E-state index >= 15 is 0 Å². The molecular formula is C73H66BCl9IN7O11S4. The fourth-order valence-electron chi connectivity index (χ4n) is 9.74. The molecule has 0 amide bonds. The van der Waals surface area contributed by atoms with Crippen molar-refractivity contribution in [3.05, 3.63) is 238 Å². The molecule has 2 unspecified atom stereocenters. The molecule has 0 radical (unpaired) electrons. The van der Waals surface area contributed by atoms with Crippen molar-refractivity contribution in [2.75, 3.05) is 55.4 Å². The third-order valence-corrected chi connectivity index (χ3v) is 26.0. The number of aromatic nitrogens is 5. The Hall–Kier alpha value is -6.54. The van der Waals surface area contributed by atoms with E-state index in [9.17, 15) is 25.3 Å². The molecule has 5 aromatic heterocycles. The average molecular weight is 1800 g/mol. The van der Waals surface area contributed by atoms with Crippen molar-refractivity contribution in [1.29, 1.82) is 0 Å². The Morgan fingerprint density at radius 3 is 1.49 bits per heavy atom. The molecule has 5 heterocycles. The van der Waals surface area contributed by atoms with Crippen LogP contribution in [0.5, 0.6) is 17.2 Å². The largest absolute Gasteiger partial charge is 0.495 e. The molecule has 0 aliphatic heterocycles. The molecule has 0 aliphatic carbocycles. The van der Waals surface area contributed by atoms with Gasteiger partial charge in [0.25, 0.3) is 0 Å². The second kappa shape index (κ2) is 40.8. The van der Waals surface area contributed by atoms with Gasteiger partial charge >= 0.3 is 7.12 Å². The van der Waals surface area contributed by atoms with E-state index in [-0.39, 0.29) is 37.1 Å². The van der Waals surface area contributed by atoms with Crippen LogP contribution in [0.1, 0.15) is 27.7 Å². The smallest absolute Gasteiger partial charge is 0.488 e. The van der Waals surface area contributed by atoms with Crippen LogP contribution in [-0.2, 0) is 41.3 Å². The van der Waals surface area contributed by atoms with Crippen LogP contribution < -0.4 is 30.7 Å². The molecule has 0 fully saturated rings. The van der Waals surface area contributed by atoms with E-state index < -0.39 is 48.4 Å². The van der Waals surface area contributed by atoms with E-state index in [2.05, 4.69) is 30.2 Å². The van der Waals surface area contributed by atoms with E-state index in [1.54, 1.807) is 64.9 Å². The summed E-state index contributed by atoms with van der Waals surface area (Å²) in [6.45, 7) is 6.92. The first-order valence-electron chi connectivity index (χ1n) is 31.4. The number of halogens is 10. The molecule has 556 valence electrons. The predicted octanol–water partition coefficient (Wildman–Crippen LogP) is 19.7. The van der Waals surface area contributed by atoms with Crippen LogP contribution >= 0.6 is 127 Å². The van der Waals surface area contributed by atoms with Gasteiger partial charge in [-0.05, 0) is 124 Å². The van der Waals surface area contributed by atoms with Crippen molar-refractivity contribution in [2.24, 2.45) is 0 Å². The Kier molecular flexibility index (Phi) is 33.3. The number of anilines is 3. The number of H-pyrrole nitrogens is 1. The van der Waals surface area contributed by atoms with Gasteiger partial charge in [0.15, 0.2) is 19.7 Å². The molecule has 33 heteroatoms. The molecule has 0 aliphatic rings. The summed E-state index contributed by atoms with van der Waals surface area (Å²) >= 11 is 56.7. The fourth-order valence-corrected chi connectivity index (χ4v) is 15.8. The highest BCUT2D eigenvalue weighted by atomic mass is 127. The summed E-state index contributed by atoms with van der Waals surface area (Å²) in [6, 6.07) is 47.8. The number of nitrogen functional groups attached to an aromatic ring is 1. The second-order valence-corrected chi connectivity index (χ2v) is 34.2. The topological polar surface area (TPSA) is 276 Å². The van der Waals surface area contributed by atoms with E-state index in [0.717, 1.165) is 63.3 Å². The normalized spacial score (nSPS) is 11.5. The number of rotatable bonds is 17. The van der Waals surface area contributed by atoms with E-state index in [1.807, 2.05) is 152 Å². The van der Waals surface area contributed by atoms with Gasteiger partial charge in [0.2, 0.25) is 0 Å². The van der Waals surface area contributed by atoms with Crippen LogP contribution in [0.3, 0.4) is 0 Å². The summed E-state index contributed by atoms with van der Waals surface area (Å²) in [7, 11) is -5.51. The number of ether oxygens (including phenoxy) is 3. The van der Waals surface area contributed by atoms with Gasteiger partial charge < -0.3 is 40.3 Å². The number of nitrogens with one attached hydrogen (secondary N) is 2. The molecule has 12 rings (SSSR count). The maximum absolute atomic E-state index is 12.3.